The summed E-state index contributed by atoms with van der Waals surface area (Å²) < 4.78 is 7.42. The summed E-state index contributed by atoms with van der Waals surface area (Å²) in [4.78, 5) is 12.2. The lowest BCUT2D eigenvalue weighted by molar-refractivity contribution is -0.118. The molecular formula is C23H21N3O2. The first-order valence-corrected chi connectivity index (χ1v) is 9.15. The summed E-state index contributed by atoms with van der Waals surface area (Å²) in [6.45, 7) is 2.67. The Labute approximate surface area is 163 Å². The zero-order valence-electron chi connectivity index (χ0n) is 15.6. The van der Waals surface area contributed by atoms with Crippen LogP contribution in [0.1, 0.15) is 11.1 Å². The van der Waals surface area contributed by atoms with Gasteiger partial charge in [0.25, 0.3) is 5.91 Å². The number of nitrogens with zero attached hydrogens (tertiary/aromatic N) is 2. The van der Waals surface area contributed by atoms with Gasteiger partial charge in [0, 0.05) is 6.20 Å². The fourth-order valence-corrected chi connectivity index (χ4v) is 3.12. The van der Waals surface area contributed by atoms with Crippen molar-refractivity contribution in [1.82, 2.24) is 9.78 Å². The SMILES string of the molecule is Cc1cccc(Cn2cc(NC(=O)COc3ccc4ccccc4c3)cn2)c1. The molecule has 5 nitrogen and oxygen atoms in total. The van der Waals surface area contributed by atoms with E-state index in [0.29, 0.717) is 18.0 Å². The molecule has 0 aliphatic rings. The molecule has 0 atom stereocenters. The predicted octanol–water partition coefficient (Wildman–Crippen LogP) is 4.41. The summed E-state index contributed by atoms with van der Waals surface area (Å²) in [6, 6.07) is 22.1. The van der Waals surface area contributed by atoms with Gasteiger partial charge in [-0.3, -0.25) is 9.48 Å². The van der Waals surface area contributed by atoms with Crippen LogP contribution >= 0.6 is 0 Å². The van der Waals surface area contributed by atoms with Gasteiger partial charge in [0.15, 0.2) is 6.61 Å². The van der Waals surface area contributed by atoms with Crippen LogP contribution in [-0.2, 0) is 11.3 Å². The monoisotopic (exact) mass is 371 g/mol. The summed E-state index contributed by atoms with van der Waals surface area (Å²) in [5.74, 6) is 0.451. The van der Waals surface area contributed by atoms with Crippen LogP contribution in [0.5, 0.6) is 5.75 Å². The van der Waals surface area contributed by atoms with Gasteiger partial charge in [-0.25, -0.2) is 0 Å². The molecule has 1 N–H and O–H groups in total. The smallest absolute Gasteiger partial charge is 0.262 e. The van der Waals surface area contributed by atoms with Gasteiger partial charge < -0.3 is 10.1 Å². The molecule has 1 aromatic heterocycles. The lowest BCUT2D eigenvalue weighted by Crippen LogP contribution is -2.19. The quantitative estimate of drug-likeness (QED) is 0.546. The summed E-state index contributed by atoms with van der Waals surface area (Å²) in [5.41, 5.74) is 3.03. The van der Waals surface area contributed by atoms with Crippen molar-refractivity contribution < 1.29 is 9.53 Å². The molecule has 4 aromatic rings. The van der Waals surface area contributed by atoms with Crippen molar-refractivity contribution in [3.05, 3.63) is 90.3 Å². The topological polar surface area (TPSA) is 56.2 Å². The minimum Gasteiger partial charge on any atom is -0.484 e. The van der Waals surface area contributed by atoms with E-state index in [4.69, 9.17) is 4.74 Å². The highest BCUT2D eigenvalue weighted by Crippen LogP contribution is 2.20. The van der Waals surface area contributed by atoms with E-state index in [9.17, 15) is 4.79 Å². The number of fused-ring (bicyclic) bond motifs is 1. The number of aryl methyl sites for hydroxylation is 1. The van der Waals surface area contributed by atoms with Crippen molar-refractivity contribution in [2.45, 2.75) is 13.5 Å². The van der Waals surface area contributed by atoms with Gasteiger partial charge in [0.05, 0.1) is 18.4 Å². The third kappa shape index (κ3) is 4.38. The van der Waals surface area contributed by atoms with Gasteiger partial charge in [-0.1, -0.05) is 60.2 Å². The molecule has 0 bridgehead atoms. The number of amides is 1. The molecule has 0 aliphatic heterocycles. The zero-order chi connectivity index (χ0) is 19.3. The highest BCUT2D eigenvalue weighted by atomic mass is 16.5. The molecule has 4 rings (SSSR count). The zero-order valence-corrected chi connectivity index (χ0v) is 15.6. The summed E-state index contributed by atoms with van der Waals surface area (Å²) in [5, 5.41) is 9.35. The summed E-state index contributed by atoms with van der Waals surface area (Å²) in [6.07, 6.45) is 3.46. The average Bonchev–Trinajstić information content (AvgIpc) is 3.13. The fraction of sp³-hybridized carbons (Fsp3) is 0.130. The highest BCUT2D eigenvalue weighted by molar-refractivity contribution is 5.91. The molecule has 0 aliphatic carbocycles. The van der Waals surface area contributed by atoms with E-state index in [1.54, 1.807) is 10.9 Å². The Hall–Kier alpha value is -3.60. The molecule has 28 heavy (non-hydrogen) atoms. The van der Waals surface area contributed by atoms with Crippen molar-refractivity contribution >= 4 is 22.4 Å². The Morgan fingerprint density at radius 1 is 1.04 bits per heavy atom. The van der Waals surface area contributed by atoms with Crippen LogP contribution in [0, 0.1) is 6.92 Å². The maximum absolute atomic E-state index is 12.2. The van der Waals surface area contributed by atoms with Crippen LogP contribution < -0.4 is 10.1 Å². The summed E-state index contributed by atoms with van der Waals surface area (Å²) >= 11 is 0. The first-order valence-electron chi connectivity index (χ1n) is 9.15. The van der Waals surface area contributed by atoms with Crippen molar-refractivity contribution in [3.8, 4) is 5.75 Å². The maximum atomic E-state index is 12.2. The number of hydrogen-bond donors (Lipinski definition) is 1. The fourth-order valence-electron chi connectivity index (χ4n) is 3.12. The number of rotatable bonds is 6. The number of ether oxygens (including phenoxy) is 1. The van der Waals surface area contributed by atoms with Crippen LogP contribution in [0.15, 0.2) is 79.1 Å². The maximum Gasteiger partial charge on any atom is 0.262 e. The molecule has 0 radical (unpaired) electrons. The van der Waals surface area contributed by atoms with Crippen molar-refractivity contribution in [2.24, 2.45) is 0 Å². The molecule has 0 fully saturated rings. The third-order valence-electron chi connectivity index (χ3n) is 4.43. The first-order chi connectivity index (χ1) is 13.7. The van der Waals surface area contributed by atoms with Crippen molar-refractivity contribution in [2.75, 3.05) is 11.9 Å². The van der Waals surface area contributed by atoms with E-state index >= 15 is 0 Å². The first kappa shape index (κ1) is 17.8. The minimum absolute atomic E-state index is 0.0542. The second-order valence-electron chi connectivity index (χ2n) is 6.76. The van der Waals surface area contributed by atoms with Gasteiger partial charge >= 0.3 is 0 Å². The molecule has 0 spiro atoms. The Kier molecular flexibility index (Phi) is 5.06. The second-order valence-corrected chi connectivity index (χ2v) is 6.76. The van der Waals surface area contributed by atoms with Crippen LogP contribution in [-0.4, -0.2) is 22.3 Å². The number of carbonyl (C=O) groups is 1. The van der Waals surface area contributed by atoms with Crippen LogP contribution in [0.4, 0.5) is 5.69 Å². The highest BCUT2D eigenvalue weighted by Gasteiger charge is 2.07. The van der Waals surface area contributed by atoms with Crippen LogP contribution in [0.3, 0.4) is 0 Å². The Morgan fingerprint density at radius 2 is 1.89 bits per heavy atom. The number of carbonyl (C=O) groups excluding carboxylic acids is 1. The largest absolute Gasteiger partial charge is 0.484 e. The van der Waals surface area contributed by atoms with E-state index in [0.717, 1.165) is 10.8 Å². The third-order valence-corrected chi connectivity index (χ3v) is 4.43. The number of hydrogen-bond acceptors (Lipinski definition) is 3. The summed E-state index contributed by atoms with van der Waals surface area (Å²) in [7, 11) is 0. The molecule has 3 aromatic carbocycles. The molecule has 1 heterocycles. The van der Waals surface area contributed by atoms with E-state index < -0.39 is 0 Å². The normalized spacial score (nSPS) is 10.8. The van der Waals surface area contributed by atoms with Gasteiger partial charge in [-0.2, -0.15) is 5.10 Å². The molecule has 1 amide bonds. The number of nitrogens with one attached hydrogen (secondary N) is 1. The van der Waals surface area contributed by atoms with Gasteiger partial charge in [0.2, 0.25) is 0 Å². The van der Waals surface area contributed by atoms with E-state index in [1.165, 1.54) is 11.1 Å². The molecule has 0 unspecified atom stereocenters. The number of aromatic nitrogens is 2. The van der Waals surface area contributed by atoms with Crippen LogP contribution in [0.2, 0.25) is 0 Å². The van der Waals surface area contributed by atoms with E-state index in [1.807, 2.05) is 54.7 Å². The standard InChI is InChI=1S/C23H21N3O2/c1-17-5-4-6-18(11-17)14-26-15-21(13-24-26)25-23(27)16-28-22-10-9-19-7-2-3-8-20(19)12-22/h2-13,15H,14,16H2,1H3,(H,25,27). The van der Waals surface area contributed by atoms with E-state index in [-0.39, 0.29) is 12.5 Å². The minimum atomic E-state index is -0.219. The Morgan fingerprint density at radius 3 is 2.75 bits per heavy atom. The predicted molar refractivity (Wildman–Crippen MR) is 111 cm³/mol. The van der Waals surface area contributed by atoms with E-state index in [2.05, 4.69) is 35.5 Å². The second kappa shape index (κ2) is 7.96. The van der Waals surface area contributed by atoms with Gasteiger partial charge in [-0.15, -0.1) is 0 Å². The Balaban J connectivity index is 1.33. The molecule has 0 saturated carbocycles. The molecule has 140 valence electrons. The Bertz CT molecular complexity index is 1120. The lowest BCUT2D eigenvalue weighted by Gasteiger charge is -2.07. The number of anilines is 1. The van der Waals surface area contributed by atoms with Crippen molar-refractivity contribution in [1.29, 1.82) is 0 Å². The molecule has 5 heteroatoms. The average molecular weight is 371 g/mol. The lowest BCUT2D eigenvalue weighted by atomic mass is 10.1. The molecule has 0 saturated heterocycles. The number of benzene rings is 3. The van der Waals surface area contributed by atoms with Gasteiger partial charge in [0.1, 0.15) is 5.75 Å². The van der Waals surface area contributed by atoms with Gasteiger partial charge in [-0.05, 0) is 35.4 Å². The van der Waals surface area contributed by atoms with Crippen LogP contribution in [0.25, 0.3) is 10.8 Å². The van der Waals surface area contributed by atoms with Crippen molar-refractivity contribution in [3.63, 3.8) is 0 Å². The molecular weight excluding hydrogens is 350 g/mol.